The van der Waals surface area contributed by atoms with Crippen molar-refractivity contribution in [3.8, 4) is 89.0 Å². The van der Waals surface area contributed by atoms with Crippen LogP contribution in [0, 0.1) is 6.92 Å². The number of aryl methyl sites for hydroxylation is 1. The Morgan fingerprint density at radius 3 is 0.879 bits per heavy atom. The fourth-order valence-electron chi connectivity index (χ4n) is 18.3. The topological polar surface area (TPSA) is 39.4 Å². The Labute approximate surface area is 679 Å². The monoisotopic (exact) mass is 1490 g/mol. The Kier molecular flexibility index (Phi) is 15.7. The van der Waals surface area contributed by atoms with E-state index in [0.29, 0.717) is 5.56 Å². The molecule has 0 radical (unpaired) electrons. The molecule has 3 aromatic heterocycles. The second-order valence-corrected chi connectivity index (χ2v) is 31.1. The van der Waals surface area contributed by atoms with Crippen molar-refractivity contribution in [2.45, 2.75) is 33.1 Å². The molecular weight excluding hydrogens is 1410 g/mol. The van der Waals surface area contributed by atoms with Crippen molar-refractivity contribution < 1.29 is 20.1 Å². The quantitative estimate of drug-likeness (QED) is 0.142. The van der Waals surface area contributed by atoms with Crippen molar-refractivity contribution in [3.05, 3.63) is 411 Å². The molecule has 548 valence electrons. The van der Waals surface area contributed by atoms with Crippen LogP contribution in [-0.4, -0.2) is 0 Å². The molecule has 0 spiro atoms. The second-order valence-electron chi connectivity index (χ2n) is 31.1. The van der Waals surface area contributed by atoms with Gasteiger partial charge >= 0.3 is 0 Å². The van der Waals surface area contributed by atoms with Crippen LogP contribution >= 0.6 is 0 Å². The van der Waals surface area contributed by atoms with Crippen LogP contribution in [0.15, 0.2) is 414 Å². The van der Waals surface area contributed by atoms with Crippen LogP contribution in [0.25, 0.3) is 219 Å². The summed E-state index contributed by atoms with van der Waals surface area (Å²) in [5.41, 5.74) is 25.2. The first-order chi connectivity index (χ1) is 59.2. The highest BCUT2D eigenvalue weighted by Gasteiger charge is 2.27. The summed E-state index contributed by atoms with van der Waals surface area (Å²) in [5.74, 6) is 0. The van der Waals surface area contributed by atoms with E-state index in [1.165, 1.54) is 115 Å². The van der Waals surface area contributed by atoms with Gasteiger partial charge in [-0.05, 0) is 184 Å². The Hall–Kier alpha value is -14.6. The third-order valence-corrected chi connectivity index (χ3v) is 23.4. The minimum absolute atomic E-state index is 0.00965. The first kappa shape index (κ1) is 63.9. The number of hydrogen-bond donors (Lipinski definition) is 0. The highest BCUT2D eigenvalue weighted by molar-refractivity contribution is 6.30. The summed E-state index contributed by atoms with van der Waals surface area (Å²) in [4.78, 5) is 0. The smallest absolute Gasteiger partial charge is 0.143 e. The van der Waals surface area contributed by atoms with E-state index in [1.807, 2.05) is 79.7 Å². The van der Waals surface area contributed by atoms with Gasteiger partial charge in [-0.3, -0.25) is 0 Å². The van der Waals surface area contributed by atoms with E-state index < -0.39 is 6.04 Å². The fraction of sp³-hybridized carbons (Fsp3) is 0.0442. The molecule has 3 nitrogen and oxygen atoms in total. The van der Waals surface area contributed by atoms with Gasteiger partial charge in [0.2, 0.25) is 0 Å². The number of rotatable bonds is 8. The summed E-state index contributed by atoms with van der Waals surface area (Å²) >= 11 is 0. The van der Waals surface area contributed by atoms with Gasteiger partial charge in [0.1, 0.15) is 33.5 Å². The van der Waals surface area contributed by atoms with Crippen molar-refractivity contribution in [3.63, 3.8) is 0 Å². The Morgan fingerprint density at radius 2 is 0.483 bits per heavy atom. The van der Waals surface area contributed by atoms with Crippen molar-refractivity contribution in [1.82, 2.24) is 0 Å². The lowest BCUT2D eigenvalue weighted by Crippen LogP contribution is -2.10. The normalized spacial score (nSPS) is 12.4. The van der Waals surface area contributed by atoms with Gasteiger partial charge in [0.05, 0.1) is 6.85 Å². The fourth-order valence-corrected chi connectivity index (χ4v) is 18.3. The van der Waals surface area contributed by atoms with Crippen molar-refractivity contribution in [2.75, 3.05) is 0 Å². The lowest BCUT2D eigenvalue weighted by atomic mass is 9.84. The van der Waals surface area contributed by atoms with E-state index in [2.05, 4.69) is 318 Å². The van der Waals surface area contributed by atoms with E-state index in [1.54, 1.807) is 0 Å². The van der Waals surface area contributed by atoms with Gasteiger partial charge in [0.25, 0.3) is 0 Å². The van der Waals surface area contributed by atoms with Gasteiger partial charge in [-0.15, -0.1) is 0 Å². The predicted molar refractivity (Wildman–Crippen MR) is 493 cm³/mol. The molecule has 0 N–H and O–H groups in total. The van der Waals surface area contributed by atoms with Crippen LogP contribution in [0.1, 0.15) is 38.8 Å². The Morgan fingerprint density at radius 1 is 0.207 bits per heavy atom. The maximum Gasteiger partial charge on any atom is 0.143 e. The molecule has 23 aromatic rings. The highest BCUT2D eigenvalue weighted by Crippen LogP contribution is 2.52. The van der Waals surface area contributed by atoms with Gasteiger partial charge in [0.15, 0.2) is 0 Å². The average molecular weight is 1490 g/mol. The van der Waals surface area contributed by atoms with E-state index in [-0.39, 0.29) is 35.1 Å². The highest BCUT2D eigenvalue weighted by atomic mass is 16.3. The maximum atomic E-state index is 8.75. The van der Waals surface area contributed by atoms with E-state index in [4.69, 9.17) is 20.1 Å². The van der Waals surface area contributed by atoms with Crippen molar-refractivity contribution >= 4 is 130 Å². The Bertz CT molecular complexity index is 7910. The zero-order chi connectivity index (χ0) is 81.9. The Balaban J connectivity index is 0.000000113. The minimum Gasteiger partial charge on any atom is -0.456 e. The van der Waals surface area contributed by atoms with Gasteiger partial charge in [-0.2, -0.15) is 0 Å². The maximum absolute atomic E-state index is 8.75. The van der Waals surface area contributed by atoms with Crippen LogP contribution in [-0.2, 0) is 5.41 Å². The first-order valence-electron chi connectivity index (χ1n) is 42.2. The van der Waals surface area contributed by atoms with Crippen molar-refractivity contribution in [1.29, 1.82) is 0 Å². The van der Waals surface area contributed by atoms with Crippen LogP contribution < -0.4 is 0 Å². The molecule has 23 rings (SSSR count). The number of benzene rings is 20. The van der Waals surface area contributed by atoms with Gasteiger partial charge in [-0.1, -0.05) is 403 Å². The van der Waals surface area contributed by atoms with Gasteiger partial charge in [0, 0.05) is 43.4 Å². The van der Waals surface area contributed by atoms with Crippen LogP contribution in [0.2, 0.25) is 0 Å². The molecular formula is C113H78O3. The summed E-state index contributed by atoms with van der Waals surface area (Å²) in [6.45, 7) is 8.79. The molecule has 0 bridgehead atoms. The zero-order valence-corrected chi connectivity index (χ0v) is 64.4. The summed E-state index contributed by atoms with van der Waals surface area (Å²) in [5, 5.41) is 20.3. The molecule has 0 saturated heterocycles. The molecule has 0 atom stereocenters. The molecule has 0 aliphatic rings. The summed E-state index contributed by atoms with van der Waals surface area (Å²) in [6, 6.07) is 129. The molecule has 116 heavy (non-hydrogen) atoms. The largest absolute Gasteiger partial charge is 0.456 e. The molecule has 3 heteroatoms. The third kappa shape index (κ3) is 11.6. The number of para-hydroxylation sites is 3. The lowest BCUT2D eigenvalue weighted by Gasteiger charge is -2.19. The number of hydrogen-bond acceptors (Lipinski definition) is 3. The van der Waals surface area contributed by atoms with E-state index in [0.717, 1.165) is 104 Å². The molecule has 0 fully saturated rings. The minimum atomic E-state index is -0.396. The molecule has 0 aliphatic carbocycles. The summed E-state index contributed by atoms with van der Waals surface area (Å²) in [7, 11) is 0. The number of furan rings is 3. The predicted octanol–water partition coefficient (Wildman–Crippen LogP) is 32.6. The number of fused-ring (bicyclic) bond motifs is 15. The third-order valence-electron chi connectivity index (χ3n) is 23.4. The van der Waals surface area contributed by atoms with E-state index >= 15 is 0 Å². The zero-order valence-electron chi connectivity index (χ0n) is 69.4. The SMILES string of the molecule is CC(C)(C)c1cccc2c1oc1cccc(-c3c4ccccc4c(-c4ccccc4)c4ccccc34)c12.[2H]c1c([2H])c([2H])c(-c2c3ccccc3c(-c3cccc4oc5c(C)cccc5c34)c3ccccc23)c([2H])c1[2H].c1ccc(-c2ccc(-c3cccc4c3oc3cccc(-c5c6ccccc6c(-c6ccccc6)c6ccccc56)c34)cc2)cc1. The van der Waals surface area contributed by atoms with Crippen molar-refractivity contribution in [2.24, 2.45) is 0 Å². The first-order valence-corrected chi connectivity index (χ1v) is 39.7. The summed E-state index contributed by atoms with van der Waals surface area (Å²) < 4.78 is 61.9. The molecule has 0 amide bonds. The molecule has 0 unspecified atom stereocenters. The second kappa shape index (κ2) is 28.5. The van der Waals surface area contributed by atoms with Crippen LogP contribution in [0.4, 0.5) is 0 Å². The lowest BCUT2D eigenvalue weighted by molar-refractivity contribution is 0.573. The molecule has 0 aliphatic heterocycles. The average Bonchev–Trinajstić information content (AvgIpc) is 1.20. The summed E-state index contributed by atoms with van der Waals surface area (Å²) in [6.07, 6.45) is 0. The molecule has 20 aromatic carbocycles. The van der Waals surface area contributed by atoms with Crippen LogP contribution in [0.5, 0.6) is 0 Å². The molecule has 3 heterocycles. The van der Waals surface area contributed by atoms with Crippen LogP contribution in [0.3, 0.4) is 0 Å². The molecule has 0 saturated carbocycles. The van der Waals surface area contributed by atoms with E-state index in [9.17, 15) is 0 Å². The van der Waals surface area contributed by atoms with Gasteiger partial charge < -0.3 is 13.3 Å². The van der Waals surface area contributed by atoms with Gasteiger partial charge in [-0.25, -0.2) is 0 Å². The standard InChI is InChI=1S/C44H28O.C36H28O.C33H22O/c1-3-13-29(14-4-1)30-25-27-31(28-26-30)33-21-11-23-39-43-38(22-12-24-40(43)45-44(33)39)42-36-19-9-7-17-34(36)41(32-15-5-2-6-16-32)35-18-8-10-20-37(35)42;1-36(2,3)30-21-11-20-29-34-28(19-12-22-31(34)37-35(29)30)33-26-17-9-7-15-24(26)32(23-13-5-4-6-14-23)25-16-8-10-18-27(25)33;1-21-11-9-19-28-32-27(18-10-20-29(32)34-33(21)28)31-25-16-7-5-14-23(25)30(22-12-3-2-4-13-22)24-15-6-8-17-26(24)31/h1-28H;4-22H,1-3H3;2-20H,1H3/i;;2D,3D,4D,12D,13D.